The van der Waals surface area contributed by atoms with Gasteiger partial charge in [-0.25, -0.2) is 0 Å². The first-order valence-corrected chi connectivity index (χ1v) is 8.75. The van der Waals surface area contributed by atoms with Crippen molar-refractivity contribution in [1.29, 1.82) is 0 Å². The molecule has 0 aliphatic carbocycles. The number of aromatic nitrogens is 4. The van der Waals surface area contributed by atoms with Crippen LogP contribution >= 0.6 is 15.9 Å². The van der Waals surface area contributed by atoms with E-state index in [2.05, 4.69) is 50.5 Å². The zero-order valence-electron chi connectivity index (χ0n) is 14.7. The minimum absolute atomic E-state index is 0.214. The SMILES string of the molecule is Cc1ccccc1Cn1nc(C)c(NC(=O)c2c(Br)cnn2C)c1C. The van der Waals surface area contributed by atoms with Gasteiger partial charge in [0.15, 0.2) is 0 Å². The minimum atomic E-state index is -0.214. The molecule has 0 spiro atoms. The van der Waals surface area contributed by atoms with Crippen molar-refractivity contribution in [1.82, 2.24) is 19.6 Å². The molecular weight excluding hydrogens is 382 g/mol. The van der Waals surface area contributed by atoms with Crippen LogP contribution in [0.4, 0.5) is 5.69 Å². The number of amides is 1. The summed E-state index contributed by atoms with van der Waals surface area (Å²) in [5, 5.41) is 11.6. The number of halogens is 1. The standard InChI is InChI=1S/C18H20BrN5O/c1-11-7-5-6-8-14(11)10-24-13(3)16(12(2)22-24)21-18(25)17-15(19)9-20-23(17)4/h5-9H,10H2,1-4H3,(H,21,25). The van der Waals surface area contributed by atoms with Gasteiger partial charge in [-0.15, -0.1) is 0 Å². The molecule has 7 heteroatoms. The van der Waals surface area contributed by atoms with E-state index in [0.29, 0.717) is 16.7 Å². The van der Waals surface area contributed by atoms with Crippen LogP contribution in [0.1, 0.15) is 33.0 Å². The molecule has 1 aromatic carbocycles. The van der Waals surface area contributed by atoms with Crippen molar-refractivity contribution in [2.24, 2.45) is 7.05 Å². The Labute approximate surface area is 155 Å². The lowest BCUT2D eigenvalue weighted by molar-refractivity contribution is 0.101. The predicted octanol–water partition coefficient (Wildman–Crippen LogP) is 3.60. The van der Waals surface area contributed by atoms with E-state index in [9.17, 15) is 4.79 Å². The zero-order valence-corrected chi connectivity index (χ0v) is 16.3. The molecule has 0 fully saturated rings. The fraction of sp³-hybridized carbons (Fsp3) is 0.278. The molecule has 2 heterocycles. The van der Waals surface area contributed by atoms with Crippen LogP contribution in [0.2, 0.25) is 0 Å². The summed E-state index contributed by atoms with van der Waals surface area (Å²) in [4.78, 5) is 12.6. The number of nitrogens with zero attached hydrogens (tertiary/aromatic N) is 4. The van der Waals surface area contributed by atoms with Crippen LogP contribution in [-0.2, 0) is 13.6 Å². The van der Waals surface area contributed by atoms with Gasteiger partial charge in [-0.05, 0) is 47.8 Å². The van der Waals surface area contributed by atoms with E-state index < -0.39 is 0 Å². The van der Waals surface area contributed by atoms with E-state index in [1.165, 1.54) is 11.1 Å². The summed E-state index contributed by atoms with van der Waals surface area (Å²) in [5.41, 5.74) is 5.36. The van der Waals surface area contributed by atoms with Gasteiger partial charge in [0.1, 0.15) is 5.69 Å². The van der Waals surface area contributed by atoms with E-state index in [-0.39, 0.29) is 5.91 Å². The van der Waals surface area contributed by atoms with Crippen LogP contribution < -0.4 is 5.32 Å². The molecule has 0 atom stereocenters. The average molecular weight is 402 g/mol. The molecule has 0 saturated heterocycles. The second-order valence-corrected chi connectivity index (χ2v) is 6.90. The number of hydrogen-bond acceptors (Lipinski definition) is 3. The number of aryl methyl sites for hydroxylation is 3. The Kier molecular flexibility index (Phi) is 4.76. The third-order valence-corrected chi connectivity index (χ3v) is 4.89. The Hall–Kier alpha value is -2.41. The molecule has 6 nitrogen and oxygen atoms in total. The van der Waals surface area contributed by atoms with E-state index in [1.54, 1.807) is 17.9 Å². The smallest absolute Gasteiger partial charge is 0.275 e. The zero-order chi connectivity index (χ0) is 18.1. The van der Waals surface area contributed by atoms with Gasteiger partial charge in [0.2, 0.25) is 0 Å². The predicted molar refractivity (Wildman–Crippen MR) is 101 cm³/mol. The van der Waals surface area contributed by atoms with Crippen molar-refractivity contribution in [2.45, 2.75) is 27.3 Å². The Morgan fingerprint density at radius 1 is 1.24 bits per heavy atom. The van der Waals surface area contributed by atoms with Gasteiger partial charge in [0, 0.05) is 7.05 Å². The Balaban J connectivity index is 1.88. The van der Waals surface area contributed by atoms with Crippen LogP contribution in [0.25, 0.3) is 0 Å². The Morgan fingerprint density at radius 2 is 1.96 bits per heavy atom. The molecule has 0 bridgehead atoms. The summed E-state index contributed by atoms with van der Waals surface area (Å²) in [7, 11) is 1.74. The largest absolute Gasteiger partial charge is 0.317 e. The molecule has 0 saturated carbocycles. The lowest BCUT2D eigenvalue weighted by atomic mass is 10.1. The van der Waals surface area contributed by atoms with E-state index >= 15 is 0 Å². The molecule has 130 valence electrons. The van der Waals surface area contributed by atoms with Crippen molar-refractivity contribution in [2.75, 3.05) is 5.32 Å². The Morgan fingerprint density at radius 3 is 2.60 bits per heavy atom. The first-order chi connectivity index (χ1) is 11.9. The maximum absolute atomic E-state index is 12.6. The lowest BCUT2D eigenvalue weighted by Crippen LogP contribution is -2.17. The maximum atomic E-state index is 12.6. The third-order valence-electron chi connectivity index (χ3n) is 4.31. The van der Waals surface area contributed by atoms with Crippen molar-refractivity contribution in [3.63, 3.8) is 0 Å². The van der Waals surface area contributed by atoms with Crippen LogP contribution in [0.5, 0.6) is 0 Å². The summed E-state index contributed by atoms with van der Waals surface area (Å²) >= 11 is 3.36. The number of nitrogens with one attached hydrogen (secondary N) is 1. The topological polar surface area (TPSA) is 64.7 Å². The molecule has 2 aromatic heterocycles. The van der Waals surface area contributed by atoms with Gasteiger partial charge >= 0.3 is 0 Å². The lowest BCUT2D eigenvalue weighted by Gasteiger charge is -2.09. The summed E-state index contributed by atoms with van der Waals surface area (Å²) in [6, 6.07) is 8.23. The highest BCUT2D eigenvalue weighted by Gasteiger charge is 2.19. The highest BCUT2D eigenvalue weighted by atomic mass is 79.9. The van der Waals surface area contributed by atoms with Crippen molar-refractivity contribution in [3.8, 4) is 0 Å². The molecule has 3 rings (SSSR count). The summed E-state index contributed by atoms with van der Waals surface area (Å²) in [6.45, 7) is 6.62. The maximum Gasteiger partial charge on any atom is 0.275 e. The quantitative estimate of drug-likeness (QED) is 0.725. The molecular formula is C18H20BrN5O. The molecule has 25 heavy (non-hydrogen) atoms. The van der Waals surface area contributed by atoms with Crippen LogP contribution in [-0.4, -0.2) is 25.5 Å². The molecule has 0 aliphatic heterocycles. The second-order valence-electron chi connectivity index (χ2n) is 6.05. The highest BCUT2D eigenvalue weighted by Crippen LogP contribution is 2.23. The molecule has 3 aromatic rings. The fourth-order valence-electron chi connectivity index (χ4n) is 2.82. The minimum Gasteiger partial charge on any atom is -0.317 e. The first-order valence-electron chi connectivity index (χ1n) is 7.96. The molecule has 0 radical (unpaired) electrons. The number of carbonyl (C=O) groups excluding carboxylic acids is 1. The van der Waals surface area contributed by atoms with Gasteiger partial charge in [-0.2, -0.15) is 10.2 Å². The normalized spacial score (nSPS) is 10.9. The van der Waals surface area contributed by atoms with Crippen molar-refractivity contribution in [3.05, 3.63) is 63.1 Å². The molecule has 0 aliphatic rings. The van der Waals surface area contributed by atoms with E-state index in [0.717, 1.165) is 17.1 Å². The fourth-order valence-corrected chi connectivity index (χ4v) is 3.35. The van der Waals surface area contributed by atoms with Gasteiger partial charge in [-0.3, -0.25) is 14.2 Å². The molecule has 1 N–H and O–H groups in total. The van der Waals surface area contributed by atoms with Gasteiger partial charge in [0.05, 0.1) is 34.3 Å². The van der Waals surface area contributed by atoms with E-state index in [4.69, 9.17) is 0 Å². The van der Waals surface area contributed by atoms with E-state index in [1.807, 2.05) is 30.7 Å². The van der Waals surface area contributed by atoms with Gasteiger partial charge in [0.25, 0.3) is 5.91 Å². The van der Waals surface area contributed by atoms with Crippen LogP contribution in [0.15, 0.2) is 34.9 Å². The average Bonchev–Trinajstić information content (AvgIpc) is 3.03. The summed E-state index contributed by atoms with van der Waals surface area (Å²) in [6.07, 6.45) is 1.61. The molecule has 0 unspecified atom stereocenters. The van der Waals surface area contributed by atoms with Gasteiger partial charge < -0.3 is 5.32 Å². The number of anilines is 1. The van der Waals surface area contributed by atoms with Crippen LogP contribution in [0, 0.1) is 20.8 Å². The van der Waals surface area contributed by atoms with Gasteiger partial charge in [-0.1, -0.05) is 24.3 Å². The number of carbonyl (C=O) groups is 1. The van der Waals surface area contributed by atoms with Crippen molar-refractivity contribution < 1.29 is 4.79 Å². The number of benzene rings is 1. The van der Waals surface area contributed by atoms with Crippen molar-refractivity contribution >= 4 is 27.5 Å². The summed E-state index contributed by atoms with van der Waals surface area (Å²) in [5.74, 6) is -0.214. The third kappa shape index (κ3) is 3.37. The first kappa shape index (κ1) is 17.4. The molecule has 1 amide bonds. The monoisotopic (exact) mass is 401 g/mol. The number of rotatable bonds is 4. The second kappa shape index (κ2) is 6.84. The highest BCUT2D eigenvalue weighted by molar-refractivity contribution is 9.10. The Bertz CT molecular complexity index is 922. The number of hydrogen-bond donors (Lipinski definition) is 1. The van der Waals surface area contributed by atoms with Crippen LogP contribution in [0.3, 0.4) is 0 Å². The summed E-state index contributed by atoms with van der Waals surface area (Å²) < 4.78 is 4.13.